The first-order valence-electron chi connectivity index (χ1n) is 6.38. The van der Waals surface area contributed by atoms with Crippen molar-refractivity contribution in [2.45, 2.75) is 47.1 Å². The van der Waals surface area contributed by atoms with Crippen LogP contribution in [-0.2, 0) is 6.54 Å². The molecule has 0 radical (unpaired) electrons. The monoisotopic (exact) mass is 221 g/mol. The van der Waals surface area contributed by atoms with Gasteiger partial charge in [-0.05, 0) is 36.0 Å². The van der Waals surface area contributed by atoms with Crippen molar-refractivity contribution in [1.82, 2.24) is 15.0 Å². The molecular formula is C13H23N3. The smallest absolute Gasteiger partial charge is 0.0692 e. The maximum Gasteiger partial charge on any atom is 0.0692 e. The van der Waals surface area contributed by atoms with Gasteiger partial charge in [-0.2, -0.15) is 0 Å². The van der Waals surface area contributed by atoms with Gasteiger partial charge in [-0.25, -0.2) is 0 Å². The standard InChI is InChI=1S/C13H23N3/c1-10(2)13(11(3)4)7-12(8-13)9-16-6-5-14-15-16/h5-6,10-12H,7-9H2,1-4H3. The maximum atomic E-state index is 4.04. The molecule has 1 aromatic rings. The fourth-order valence-corrected chi connectivity index (χ4v) is 3.35. The summed E-state index contributed by atoms with van der Waals surface area (Å²) in [6.07, 6.45) is 6.42. The molecule has 1 saturated carbocycles. The highest BCUT2D eigenvalue weighted by Crippen LogP contribution is 2.55. The molecule has 0 amide bonds. The Bertz CT molecular complexity index is 311. The van der Waals surface area contributed by atoms with Crippen molar-refractivity contribution in [3.63, 3.8) is 0 Å². The Hall–Kier alpha value is -0.860. The average Bonchev–Trinajstić information content (AvgIpc) is 2.61. The molecule has 16 heavy (non-hydrogen) atoms. The Labute approximate surface area is 98.2 Å². The highest BCUT2D eigenvalue weighted by atomic mass is 15.4. The first-order valence-corrected chi connectivity index (χ1v) is 6.38. The second kappa shape index (κ2) is 4.19. The minimum absolute atomic E-state index is 0.575. The van der Waals surface area contributed by atoms with E-state index in [4.69, 9.17) is 0 Å². The molecule has 3 heteroatoms. The predicted molar refractivity (Wildman–Crippen MR) is 64.9 cm³/mol. The van der Waals surface area contributed by atoms with Gasteiger partial charge in [0.2, 0.25) is 0 Å². The third kappa shape index (κ3) is 1.87. The molecular weight excluding hydrogens is 198 g/mol. The van der Waals surface area contributed by atoms with Gasteiger partial charge in [0.1, 0.15) is 0 Å². The molecule has 1 aliphatic rings. The second-order valence-electron chi connectivity index (χ2n) is 5.94. The summed E-state index contributed by atoms with van der Waals surface area (Å²) >= 11 is 0. The van der Waals surface area contributed by atoms with Gasteiger partial charge in [0, 0.05) is 12.7 Å². The van der Waals surface area contributed by atoms with Crippen molar-refractivity contribution >= 4 is 0 Å². The van der Waals surface area contributed by atoms with E-state index in [1.807, 2.05) is 10.9 Å². The minimum atomic E-state index is 0.575. The van der Waals surface area contributed by atoms with Crippen LogP contribution in [0.1, 0.15) is 40.5 Å². The van der Waals surface area contributed by atoms with E-state index in [-0.39, 0.29) is 0 Å². The van der Waals surface area contributed by atoms with Crippen molar-refractivity contribution < 1.29 is 0 Å². The summed E-state index contributed by atoms with van der Waals surface area (Å²) in [5.74, 6) is 2.38. The van der Waals surface area contributed by atoms with Crippen LogP contribution in [0, 0.1) is 23.2 Å². The van der Waals surface area contributed by atoms with Crippen LogP contribution in [0.4, 0.5) is 0 Å². The molecule has 0 aromatic carbocycles. The Morgan fingerprint density at radius 3 is 2.31 bits per heavy atom. The van der Waals surface area contributed by atoms with E-state index >= 15 is 0 Å². The quantitative estimate of drug-likeness (QED) is 0.782. The molecule has 1 aliphatic carbocycles. The summed E-state index contributed by atoms with van der Waals surface area (Å²) in [6.45, 7) is 10.5. The zero-order chi connectivity index (χ0) is 11.8. The SMILES string of the molecule is CC(C)C1(C(C)C)CC(Cn2ccnn2)C1. The third-order valence-corrected chi connectivity index (χ3v) is 4.55. The number of hydrogen-bond acceptors (Lipinski definition) is 2. The minimum Gasteiger partial charge on any atom is -0.252 e. The van der Waals surface area contributed by atoms with Gasteiger partial charge < -0.3 is 0 Å². The zero-order valence-electron chi connectivity index (χ0n) is 10.8. The van der Waals surface area contributed by atoms with E-state index in [0.717, 1.165) is 24.3 Å². The van der Waals surface area contributed by atoms with E-state index in [2.05, 4.69) is 38.0 Å². The van der Waals surface area contributed by atoms with E-state index in [1.165, 1.54) is 12.8 Å². The average molecular weight is 221 g/mol. The van der Waals surface area contributed by atoms with Crippen molar-refractivity contribution in [2.75, 3.05) is 0 Å². The molecule has 3 nitrogen and oxygen atoms in total. The number of hydrogen-bond donors (Lipinski definition) is 0. The van der Waals surface area contributed by atoms with Crippen LogP contribution in [-0.4, -0.2) is 15.0 Å². The summed E-state index contributed by atoms with van der Waals surface area (Å²) in [4.78, 5) is 0. The Morgan fingerprint density at radius 1 is 1.25 bits per heavy atom. The van der Waals surface area contributed by atoms with Crippen LogP contribution in [0.2, 0.25) is 0 Å². The topological polar surface area (TPSA) is 30.7 Å². The lowest BCUT2D eigenvalue weighted by Crippen LogP contribution is -2.46. The molecule has 1 aromatic heterocycles. The van der Waals surface area contributed by atoms with E-state index < -0.39 is 0 Å². The summed E-state index contributed by atoms with van der Waals surface area (Å²) in [7, 11) is 0. The fourth-order valence-electron chi connectivity index (χ4n) is 3.35. The number of rotatable bonds is 4. The number of nitrogens with zero attached hydrogens (tertiary/aromatic N) is 3. The van der Waals surface area contributed by atoms with Crippen LogP contribution in [0.3, 0.4) is 0 Å². The summed E-state index contributed by atoms with van der Waals surface area (Å²) in [6, 6.07) is 0. The van der Waals surface area contributed by atoms with Gasteiger partial charge in [-0.3, -0.25) is 4.68 Å². The molecule has 1 fully saturated rings. The first kappa shape index (κ1) is 11.6. The molecule has 0 unspecified atom stereocenters. The zero-order valence-corrected chi connectivity index (χ0v) is 10.8. The lowest BCUT2D eigenvalue weighted by molar-refractivity contribution is -0.0466. The normalized spacial score (nSPS) is 20.4. The Balaban J connectivity index is 1.92. The summed E-state index contributed by atoms with van der Waals surface area (Å²) in [5, 5.41) is 7.90. The highest BCUT2D eigenvalue weighted by Gasteiger charge is 2.48. The maximum absolute atomic E-state index is 4.04. The van der Waals surface area contributed by atoms with E-state index in [1.54, 1.807) is 6.20 Å². The van der Waals surface area contributed by atoms with E-state index in [0.29, 0.717) is 5.41 Å². The highest BCUT2D eigenvalue weighted by molar-refractivity contribution is 4.97. The summed E-state index contributed by atoms with van der Waals surface area (Å²) in [5.41, 5.74) is 0.575. The summed E-state index contributed by atoms with van der Waals surface area (Å²) < 4.78 is 1.97. The van der Waals surface area contributed by atoms with Crippen LogP contribution in [0.25, 0.3) is 0 Å². The molecule has 90 valence electrons. The molecule has 0 spiro atoms. The van der Waals surface area contributed by atoms with E-state index in [9.17, 15) is 0 Å². The Kier molecular flexibility index (Phi) is 3.04. The van der Waals surface area contributed by atoms with Gasteiger partial charge in [0.25, 0.3) is 0 Å². The van der Waals surface area contributed by atoms with Crippen molar-refractivity contribution in [2.24, 2.45) is 23.2 Å². The van der Waals surface area contributed by atoms with Crippen LogP contribution >= 0.6 is 0 Å². The third-order valence-electron chi connectivity index (χ3n) is 4.55. The van der Waals surface area contributed by atoms with Crippen LogP contribution in [0.5, 0.6) is 0 Å². The number of aromatic nitrogens is 3. The molecule has 0 bridgehead atoms. The van der Waals surface area contributed by atoms with Crippen LogP contribution in [0.15, 0.2) is 12.4 Å². The predicted octanol–water partition coefficient (Wildman–Crippen LogP) is 2.99. The van der Waals surface area contributed by atoms with Gasteiger partial charge in [-0.15, -0.1) is 5.10 Å². The van der Waals surface area contributed by atoms with Crippen LogP contribution < -0.4 is 0 Å². The first-order chi connectivity index (χ1) is 7.54. The van der Waals surface area contributed by atoms with Gasteiger partial charge >= 0.3 is 0 Å². The molecule has 1 heterocycles. The molecule has 2 rings (SSSR count). The molecule has 0 aliphatic heterocycles. The fraction of sp³-hybridized carbons (Fsp3) is 0.846. The van der Waals surface area contributed by atoms with Crippen molar-refractivity contribution in [3.05, 3.63) is 12.4 Å². The van der Waals surface area contributed by atoms with Gasteiger partial charge in [0.15, 0.2) is 0 Å². The second-order valence-corrected chi connectivity index (χ2v) is 5.94. The molecule has 0 N–H and O–H groups in total. The van der Waals surface area contributed by atoms with Crippen molar-refractivity contribution in [3.8, 4) is 0 Å². The molecule has 0 atom stereocenters. The lowest BCUT2D eigenvalue weighted by atomic mass is 9.52. The lowest BCUT2D eigenvalue weighted by Gasteiger charge is -2.54. The Morgan fingerprint density at radius 2 is 1.88 bits per heavy atom. The van der Waals surface area contributed by atoms with Crippen molar-refractivity contribution in [1.29, 1.82) is 0 Å². The van der Waals surface area contributed by atoms with Gasteiger partial charge in [0.05, 0.1) is 6.20 Å². The largest absolute Gasteiger partial charge is 0.252 e. The van der Waals surface area contributed by atoms with Gasteiger partial charge in [-0.1, -0.05) is 32.9 Å². The molecule has 0 saturated heterocycles.